The van der Waals surface area contributed by atoms with Gasteiger partial charge in [0, 0.05) is 33.8 Å². The second-order valence-corrected chi connectivity index (χ2v) is 6.51. The second kappa shape index (κ2) is 7.09. The van der Waals surface area contributed by atoms with Crippen LogP contribution in [0.5, 0.6) is 0 Å². The SMILES string of the molecule is CC[C@@]1(C(=O)OC)N[C@H](CN(C)C(=O)COC)[C@@H]2C(=O)N(C)C(=O)[C@@H]21. The number of carbonyl (C=O) groups is 4. The summed E-state index contributed by atoms with van der Waals surface area (Å²) in [4.78, 5) is 52.1. The first-order chi connectivity index (χ1) is 11.7. The molecule has 2 heterocycles. The lowest BCUT2D eigenvalue weighted by molar-refractivity contribution is -0.154. The second-order valence-electron chi connectivity index (χ2n) is 6.51. The first-order valence-corrected chi connectivity index (χ1v) is 8.15. The van der Waals surface area contributed by atoms with Crippen LogP contribution in [0.2, 0.25) is 0 Å². The smallest absolute Gasteiger partial charge is 0.326 e. The van der Waals surface area contributed by atoms with Gasteiger partial charge in [-0.05, 0) is 6.42 Å². The van der Waals surface area contributed by atoms with Crippen molar-refractivity contribution < 1.29 is 28.7 Å². The summed E-state index contributed by atoms with van der Waals surface area (Å²) in [6, 6.07) is -0.531. The van der Waals surface area contributed by atoms with Crippen LogP contribution in [-0.2, 0) is 28.7 Å². The van der Waals surface area contributed by atoms with Gasteiger partial charge in [-0.15, -0.1) is 0 Å². The fourth-order valence-corrected chi connectivity index (χ4v) is 3.89. The summed E-state index contributed by atoms with van der Waals surface area (Å²) in [6.45, 7) is 1.86. The maximum atomic E-state index is 12.6. The molecule has 140 valence electrons. The third-order valence-corrected chi connectivity index (χ3v) is 5.25. The molecule has 25 heavy (non-hydrogen) atoms. The van der Waals surface area contributed by atoms with E-state index in [1.165, 1.54) is 26.2 Å². The Balaban J connectivity index is 2.36. The van der Waals surface area contributed by atoms with Crippen molar-refractivity contribution in [3.05, 3.63) is 0 Å². The van der Waals surface area contributed by atoms with E-state index < -0.39 is 35.3 Å². The van der Waals surface area contributed by atoms with Crippen LogP contribution in [0.1, 0.15) is 13.3 Å². The first-order valence-electron chi connectivity index (χ1n) is 8.15. The summed E-state index contributed by atoms with van der Waals surface area (Å²) in [5.41, 5.74) is -1.27. The molecule has 0 aromatic heterocycles. The van der Waals surface area contributed by atoms with Gasteiger partial charge in [0.15, 0.2) is 0 Å². The number of likely N-dealkylation sites (tertiary alicyclic amines) is 1. The minimum absolute atomic E-state index is 0.0833. The average Bonchev–Trinajstić information content (AvgIpc) is 3.04. The number of imide groups is 1. The van der Waals surface area contributed by atoms with E-state index in [2.05, 4.69) is 5.32 Å². The zero-order valence-electron chi connectivity index (χ0n) is 15.2. The predicted molar refractivity (Wildman–Crippen MR) is 86.2 cm³/mol. The molecule has 0 radical (unpaired) electrons. The van der Waals surface area contributed by atoms with Gasteiger partial charge in [-0.2, -0.15) is 0 Å². The van der Waals surface area contributed by atoms with Crippen molar-refractivity contribution in [1.29, 1.82) is 0 Å². The molecule has 9 heteroatoms. The molecule has 2 saturated heterocycles. The first kappa shape index (κ1) is 19.3. The maximum Gasteiger partial charge on any atom is 0.326 e. The van der Waals surface area contributed by atoms with Crippen molar-refractivity contribution in [2.75, 3.05) is 41.5 Å². The molecular formula is C16H25N3O6. The van der Waals surface area contributed by atoms with Gasteiger partial charge in [-0.3, -0.25) is 29.4 Å². The number of amides is 3. The lowest BCUT2D eigenvalue weighted by atomic mass is 9.78. The number of nitrogens with one attached hydrogen (secondary N) is 1. The standard InChI is InChI=1S/C16H25N3O6/c1-6-16(15(23)25-5)12-11(13(21)19(3)14(12)22)9(17-16)7-18(2)10(20)8-24-4/h9,11-12,17H,6-8H2,1-5H3/t9-,11+,12-,16-/m1/s1. The summed E-state index contributed by atoms with van der Waals surface area (Å²) in [5, 5.41) is 3.14. The highest BCUT2D eigenvalue weighted by atomic mass is 16.5. The van der Waals surface area contributed by atoms with Crippen LogP contribution in [-0.4, -0.2) is 86.5 Å². The Morgan fingerprint density at radius 2 is 1.92 bits per heavy atom. The van der Waals surface area contributed by atoms with Crippen LogP contribution < -0.4 is 5.32 Å². The molecule has 2 fully saturated rings. The van der Waals surface area contributed by atoms with Crippen molar-refractivity contribution in [3.8, 4) is 0 Å². The number of rotatable bonds is 6. The summed E-state index contributed by atoms with van der Waals surface area (Å²) in [5.74, 6) is -3.12. The number of esters is 1. The Bertz CT molecular complexity index is 594. The minimum Gasteiger partial charge on any atom is -0.468 e. The molecule has 0 aliphatic carbocycles. The number of ether oxygens (including phenoxy) is 2. The molecule has 4 atom stereocenters. The van der Waals surface area contributed by atoms with Crippen LogP contribution >= 0.6 is 0 Å². The summed E-state index contributed by atoms with van der Waals surface area (Å²) in [6.07, 6.45) is 0.292. The Morgan fingerprint density at radius 3 is 2.44 bits per heavy atom. The van der Waals surface area contributed by atoms with Crippen molar-refractivity contribution in [2.45, 2.75) is 24.9 Å². The van der Waals surface area contributed by atoms with E-state index in [1.54, 1.807) is 14.0 Å². The van der Waals surface area contributed by atoms with E-state index in [4.69, 9.17) is 9.47 Å². The van der Waals surface area contributed by atoms with Crippen molar-refractivity contribution >= 4 is 23.7 Å². The van der Waals surface area contributed by atoms with Crippen LogP contribution in [0.25, 0.3) is 0 Å². The fraction of sp³-hybridized carbons (Fsp3) is 0.750. The van der Waals surface area contributed by atoms with Crippen molar-refractivity contribution in [1.82, 2.24) is 15.1 Å². The topological polar surface area (TPSA) is 105 Å². The number of likely N-dealkylation sites (N-methyl/N-ethyl adjacent to an activating group) is 1. The molecule has 0 saturated carbocycles. The molecule has 2 aliphatic heterocycles. The quantitative estimate of drug-likeness (QED) is 0.462. The Hall–Kier alpha value is -2.00. The molecule has 2 aliphatic rings. The minimum atomic E-state index is -1.27. The summed E-state index contributed by atoms with van der Waals surface area (Å²) < 4.78 is 9.74. The molecule has 0 spiro atoms. The Labute approximate surface area is 146 Å². The van der Waals surface area contributed by atoms with Gasteiger partial charge in [0.1, 0.15) is 12.1 Å². The van der Waals surface area contributed by atoms with Gasteiger partial charge in [0.2, 0.25) is 17.7 Å². The monoisotopic (exact) mass is 355 g/mol. The molecule has 0 unspecified atom stereocenters. The normalized spacial score (nSPS) is 31.2. The van der Waals surface area contributed by atoms with Crippen LogP contribution in [0.3, 0.4) is 0 Å². The van der Waals surface area contributed by atoms with Gasteiger partial charge in [0.05, 0.1) is 18.9 Å². The zero-order valence-corrected chi connectivity index (χ0v) is 15.2. The largest absolute Gasteiger partial charge is 0.468 e. The Kier molecular flexibility index (Phi) is 5.48. The Morgan fingerprint density at radius 1 is 1.28 bits per heavy atom. The van der Waals surface area contributed by atoms with E-state index in [-0.39, 0.29) is 25.0 Å². The molecule has 3 amide bonds. The number of methoxy groups -OCH3 is 2. The third kappa shape index (κ3) is 2.91. The highest BCUT2D eigenvalue weighted by Crippen LogP contribution is 2.44. The van der Waals surface area contributed by atoms with E-state index in [1.807, 2.05) is 0 Å². The van der Waals surface area contributed by atoms with E-state index in [0.717, 1.165) is 4.90 Å². The van der Waals surface area contributed by atoms with Crippen LogP contribution in [0, 0.1) is 11.8 Å². The number of carbonyl (C=O) groups excluding carboxylic acids is 4. The van der Waals surface area contributed by atoms with Gasteiger partial charge >= 0.3 is 5.97 Å². The lowest BCUT2D eigenvalue weighted by Crippen LogP contribution is -2.57. The lowest BCUT2D eigenvalue weighted by Gasteiger charge is -2.31. The van der Waals surface area contributed by atoms with Gasteiger partial charge in [-0.25, -0.2) is 0 Å². The molecule has 1 N–H and O–H groups in total. The fourth-order valence-electron chi connectivity index (χ4n) is 3.89. The van der Waals surface area contributed by atoms with Crippen molar-refractivity contribution in [2.24, 2.45) is 11.8 Å². The third-order valence-electron chi connectivity index (χ3n) is 5.25. The maximum absolute atomic E-state index is 12.6. The summed E-state index contributed by atoms with van der Waals surface area (Å²) >= 11 is 0. The molecule has 0 aromatic carbocycles. The van der Waals surface area contributed by atoms with E-state index in [0.29, 0.717) is 6.42 Å². The van der Waals surface area contributed by atoms with Gasteiger partial charge in [-0.1, -0.05) is 6.92 Å². The van der Waals surface area contributed by atoms with Crippen molar-refractivity contribution in [3.63, 3.8) is 0 Å². The van der Waals surface area contributed by atoms with E-state index >= 15 is 0 Å². The molecule has 2 rings (SSSR count). The zero-order chi connectivity index (χ0) is 18.9. The van der Waals surface area contributed by atoms with Gasteiger partial charge in [0.25, 0.3) is 0 Å². The molecule has 9 nitrogen and oxygen atoms in total. The molecule has 0 aromatic rings. The molecule has 0 bridgehead atoms. The van der Waals surface area contributed by atoms with Crippen LogP contribution in [0.15, 0.2) is 0 Å². The molecular weight excluding hydrogens is 330 g/mol. The van der Waals surface area contributed by atoms with Crippen LogP contribution in [0.4, 0.5) is 0 Å². The number of hydrogen-bond acceptors (Lipinski definition) is 7. The highest BCUT2D eigenvalue weighted by Gasteiger charge is 2.67. The van der Waals surface area contributed by atoms with E-state index in [9.17, 15) is 19.2 Å². The summed E-state index contributed by atoms with van der Waals surface area (Å²) in [7, 11) is 5.68. The predicted octanol–water partition coefficient (Wildman–Crippen LogP) is -1.38. The highest BCUT2D eigenvalue weighted by molar-refractivity contribution is 6.09. The number of fused-ring (bicyclic) bond motifs is 1. The number of hydrogen-bond donors (Lipinski definition) is 1. The van der Waals surface area contributed by atoms with Gasteiger partial charge < -0.3 is 14.4 Å². The average molecular weight is 355 g/mol. The number of nitrogens with zero attached hydrogens (tertiary/aromatic N) is 2.